The summed E-state index contributed by atoms with van der Waals surface area (Å²) in [6, 6.07) is 8.03. The third kappa shape index (κ3) is 5.56. The van der Waals surface area contributed by atoms with E-state index in [1.165, 1.54) is 5.56 Å². The van der Waals surface area contributed by atoms with Crippen LogP contribution < -0.4 is 11.1 Å². The number of nitrogens with one attached hydrogen (secondary N) is 1. The van der Waals surface area contributed by atoms with Gasteiger partial charge in [0.1, 0.15) is 0 Å². The number of nitrogens with two attached hydrogens (primary N) is 1. The standard InChI is InChI=1S/C14H22N2OS/c1-11(2)12-4-6-13(7-5-12)16-14(17)10-18-9-3-8-15/h4-7,11H,3,8-10,15H2,1-2H3,(H,16,17). The number of benzene rings is 1. The minimum absolute atomic E-state index is 0.0503. The summed E-state index contributed by atoms with van der Waals surface area (Å²) < 4.78 is 0. The zero-order chi connectivity index (χ0) is 13.4. The van der Waals surface area contributed by atoms with Gasteiger partial charge >= 0.3 is 0 Å². The van der Waals surface area contributed by atoms with Crippen LogP contribution in [0.4, 0.5) is 5.69 Å². The van der Waals surface area contributed by atoms with E-state index in [9.17, 15) is 4.79 Å². The van der Waals surface area contributed by atoms with Gasteiger partial charge in [-0.25, -0.2) is 0 Å². The van der Waals surface area contributed by atoms with Crippen molar-refractivity contribution < 1.29 is 4.79 Å². The highest BCUT2D eigenvalue weighted by Crippen LogP contribution is 2.17. The molecule has 1 aromatic rings. The molecule has 3 N–H and O–H groups in total. The summed E-state index contributed by atoms with van der Waals surface area (Å²) in [6.45, 7) is 4.99. The molecule has 0 aliphatic rings. The second-order valence-corrected chi connectivity index (χ2v) is 5.62. The van der Waals surface area contributed by atoms with Gasteiger partial charge in [-0.3, -0.25) is 4.79 Å². The van der Waals surface area contributed by atoms with Crippen LogP contribution in [0.1, 0.15) is 31.7 Å². The molecular weight excluding hydrogens is 244 g/mol. The van der Waals surface area contributed by atoms with E-state index in [-0.39, 0.29) is 5.91 Å². The maximum atomic E-state index is 11.6. The topological polar surface area (TPSA) is 55.1 Å². The van der Waals surface area contributed by atoms with Gasteiger partial charge in [-0.05, 0) is 42.3 Å². The maximum absolute atomic E-state index is 11.6. The quantitative estimate of drug-likeness (QED) is 0.746. The van der Waals surface area contributed by atoms with Crippen molar-refractivity contribution in [2.45, 2.75) is 26.2 Å². The summed E-state index contributed by atoms with van der Waals surface area (Å²) in [5.74, 6) is 2.00. The van der Waals surface area contributed by atoms with Crippen molar-refractivity contribution in [3.63, 3.8) is 0 Å². The monoisotopic (exact) mass is 266 g/mol. The Kier molecular flexibility index (Phi) is 6.83. The van der Waals surface area contributed by atoms with Crippen molar-refractivity contribution in [2.75, 3.05) is 23.4 Å². The molecule has 0 heterocycles. The van der Waals surface area contributed by atoms with E-state index < -0.39 is 0 Å². The number of hydrogen-bond acceptors (Lipinski definition) is 3. The van der Waals surface area contributed by atoms with E-state index in [0.29, 0.717) is 18.2 Å². The Balaban J connectivity index is 2.35. The Morgan fingerprint density at radius 1 is 1.33 bits per heavy atom. The van der Waals surface area contributed by atoms with E-state index >= 15 is 0 Å². The molecule has 0 spiro atoms. The van der Waals surface area contributed by atoms with Crippen molar-refractivity contribution in [1.29, 1.82) is 0 Å². The lowest BCUT2D eigenvalue weighted by Gasteiger charge is -2.08. The van der Waals surface area contributed by atoms with E-state index in [1.54, 1.807) is 11.8 Å². The molecule has 0 aromatic heterocycles. The highest BCUT2D eigenvalue weighted by molar-refractivity contribution is 7.99. The first-order valence-electron chi connectivity index (χ1n) is 6.31. The third-order valence-corrected chi connectivity index (χ3v) is 3.63. The molecule has 0 aliphatic carbocycles. The zero-order valence-corrected chi connectivity index (χ0v) is 11.9. The first kappa shape index (κ1) is 15.1. The molecule has 4 heteroatoms. The lowest BCUT2D eigenvalue weighted by Crippen LogP contribution is -2.14. The number of carbonyl (C=O) groups is 1. The van der Waals surface area contributed by atoms with Crippen LogP contribution in [0, 0.1) is 0 Å². The summed E-state index contributed by atoms with van der Waals surface area (Å²) in [7, 11) is 0. The highest BCUT2D eigenvalue weighted by Gasteiger charge is 2.03. The van der Waals surface area contributed by atoms with Gasteiger partial charge in [-0.15, -0.1) is 0 Å². The van der Waals surface area contributed by atoms with E-state index in [2.05, 4.69) is 31.3 Å². The zero-order valence-electron chi connectivity index (χ0n) is 11.1. The molecule has 0 atom stereocenters. The summed E-state index contributed by atoms with van der Waals surface area (Å²) >= 11 is 1.62. The fraction of sp³-hybridized carbons (Fsp3) is 0.500. The smallest absolute Gasteiger partial charge is 0.234 e. The first-order valence-corrected chi connectivity index (χ1v) is 7.46. The Labute approximate surface area is 114 Å². The minimum Gasteiger partial charge on any atom is -0.330 e. The van der Waals surface area contributed by atoms with Crippen LogP contribution in [0.5, 0.6) is 0 Å². The van der Waals surface area contributed by atoms with Crippen molar-refractivity contribution in [3.8, 4) is 0 Å². The largest absolute Gasteiger partial charge is 0.330 e. The van der Waals surface area contributed by atoms with Gasteiger partial charge < -0.3 is 11.1 Å². The number of hydrogen-bond donors (Lipinski definition) is 2. The minimum atomic E-state index is 0.0503. The molecule has 1 rings (SSSR count). The van der Waals surface area contributed by atoms with Gasteiger partial charge in [0.15, 0.2) is 0 Å². The van der Waals surface area contributed by atoms with Crippen LogP contribution in [-0.4, -0.2) is 24.0 Å². The van der Waals surface area contributed by atoms with Crippen LogP contribution in [-0.2, 0) is 4.79 Å². The number of thioether (sulfide) groups is 1. The molecule has 100 valence electrons. The van der Waals surface area contributed by atoms with Gasteiger partial charge in [0.05, 0.1) is 5.75 Å². The van der Waals surface area contributed by atoms with Crippen molar-refractivity contribution in [2.24, 2.45) is 5.73 Å². The van der Waals surface area contributed by atoms with Gasteiger partial charge in [-0.1, -0.05) is 26.0 Å². The summed E-state index contributed by atoms with van der Waals surface area (Å²) in [5.41, 5.74) is 7.54. The van der Waals surface area contributed by atoms with Crippen molar-refractivity contribution in [3.05, 3.63) is 29.8 Å². The van der Waals surface area contributed by atoms with Gasteiger partial charge in [-0.2, -0.15) is 11.8 Å². The molecule has 0 fully saturated rings. The maximum Gasteiger partial charge on any atom is 0.234 e. The first-order chi connectivity index (χ1) is 8.63. The molecule has 0 saturated heterocycles. The van der Waals surface area contributed by atoms with Gasteiger partial charge in [0.2, 0.25) is 5.91 Å². The summed E-state index contributed by atoms with van der Waals surface area (Å²) in [6.07, 6.45) is 0.959. The molecule has 0 radical (unpaired) electrons. The van der Waals surface area contributed by atoms with Crippen LogP contribution in [0.15, 0.2) is 24.3 Å². The van der Waals surface area contributed by atoms with Gasteiger partial charge in [0.25, 0.3) is 0 Å². The van der Waals surface area contributed by atoms with Crippen LogP contribution in [0.25, 0.3) is 0 Å². The fourth-order valence-corrected chi connectivity index (χ4v) is 2.27. The second-order valence-electron chi connectivity index (χ2n) is 4.52. The third-order valence-electron chi connectivity index (χ3n) is 2.59. The van der Waals surface area contributed by atoms with E-state index in [0.717, 1.165) is 17.9 Å². The number of amides is 1. The fourth-order valence-electron chi connectivity index (χ4n) is 1.50. The van der Waals surface area contributed by atoms with Crippen molar-refractivity contribution in [1.82, 2.24) is 0 Å². The Bertz CT molecular complexity index is 363. The second kappa shape index (κ2) is 8.16. The van der Waals surface area contributed by atoms with Crippen LogP contribution in [0.3, 0.4) is 0 Å². The molecule has 3 nitrogen and oxygen atoms in total. The van der Waals surface area contributed by atoms with Crippen molar-refractivity contribution >= 4 is 23.4 Å². The predicted octanol–water partition coefficient (Wildman–Crippen LogP) is 2.83. The molecule has 1 amide bonds. The van der Waals surface area contributed by atoms with Crippen LogP contribution in [0.2, 0.25) is 0 Å². The average Bonchev–Trinajstić information content (AvgIpc) is 2.35. The van der Waals surface area contributed by atoms with E-state index in [4.69, 9.17) is 5.73 Å². The SMILES string of the molecule is CC(C)c1ccc(NC(=O)CSCCCN)cc1. The molecule has 0 aliphatic heterocycles. The lowest BCUT2D eigenvalue weighted by molar-refractivity contribution is -0.113. The number of carbonyl (C=O) groups excluding carboxylic acids is 1. The van der Waals surface area contributed by atoms with Gasteiger partial charge in [0, 0.05) is 5.69 Å². The molecule has 1 aromatic carbocycles. The van der Waals surface area contributed by atoms with E-state index in [1.807, 2.05) is 12.1 Å². The summed E-state index contributed by atoms with van der Waals surface area (Å²) in [5, 5.41) is 2.89. The highest BCUT2D eigenvalue weighted by atomic mass is 32.2. The number of anilines is 1. The average molecular weight is 266 g/mol. The molecule has 0 unspecified atom stereocenters. The Hall–Kier alpha value is -1.00. The van der Waals surface area contributed by atoms with Crippen LogP contribution >= 0.6 is 11.8 Å². The Morgan fingerprint density at radius 2 is 2.00 bits per heavy atom. The predicted molar refractivity (Wildman–Crippen MR) is 80.2 cm³/mol. The lowest BCUT2D eigenvalue weighted by atomic mass is 10.0. The summed E-state index contributed by atoms with van der Waals surface area (Å²) in [4.78, 5) is 11.6. The molecule has 0 bridgehead atoms. The molecular formula is C14H22N2OS. The number of rotatable bonds is 7. The molecule has 18 heavy (non-hydrogen) atoms. The molecule has 0 saturated carbocycles. The Morgan fingerprint density at radius 3 is 2.56 bits per heavy atom. The normalized spacial score (nSPS) is 10.7.